The van der Waals surface area contributed by atoms with Crippen LogP contribution in [0.5, 0.6) is 0 Å². The molecule has 132 valence electrons. The van der Waals surface area contributed by atoms with Gasteiger partial charge in [-0.1, -0.05) is 5.57 Å². The minimum absolute atomic E-state index is 0.0387. The van der Waals surface area contributed by atoms with Gasteiger partial charge in [0.05, 0.1) is 11.5 Å². The van der Waals surface area contributed by atoms with Gasteiger partial charge in [-0.25, -0.2) is 26.3 Å². The molecule has 0 fully saturated rings. The highest BCUT2D eigenvalue weighted by Gasteiger charge is 2.38. The first-order chi connectivity index (χ1) is 11.7. The quantitative estimate of drug-likeness (QED) is 0.436. The lowest BCUT2D eigenvalue weighted by molar-refractivity contribution is -0.109. The van der Waals surface area contributed by atoms with Crippen molar-refractivity contribution >= 4 is 18.1 Å². The molecule has 0 radical (unpaired) electrons. The van der Waals surface area contributed by atoms with E-state index in [2.05, 4.69) is 0 Å². The van der Waals surface area contributed by atoms with Crippen LogP contribution in [0.2, 0.25) is 0 Å². The summed E-state index contributed by atoms with van der Waals surface area (Å²) in [6, 6.07) is 0.257. The van der Waals surface area contributed by atoms with Crippen LogP contribution in [0.15, 0.2) is 34.7 Å². The Morgan fingerprint density at radius 2 is 1.52 bits per heavy atom. The molecule has 1 aliphatic rings. The van der Waals surface area contributed by atoms with Crippen LogP contribution in [0, 0.1) is 23.4 Å². The van der Waals surface area contributed by atoms with E-state index in [4.69, 9.17) is 0 Å². The van der Waals surface area contributed by atoms with Gasteiger partial charge in [0, 0.05) is 11.1 Å². The fourth-order valence-corrected chi connectivity index (χ4v) is 2.65. The maximum atomic E-state index is 14.3. The highest BCUT2D eigenvalue weighted by molar-refractivity contribution is 5.95. The number of halogens is 6. The Morgan fingerprint density at radius 1 is 0.920 bits per heavy atom. The molecule has 0 saturated heterocycles. The molecule has 0 aromatic heterocycles. The molecule has 0 aliphatic heterocycles. The van der Waals surface area contributed by atoms with Crippen molar-refractivity contribution in [2.75, 3.05) is 0 Å². The van der Waals surface area contributed by atoms with Crippen LogP contribution in [0.1, 0.15) is 29.8 Å². The smallest absolute Gasteiger partial charge is 0.195 e. The van der Waals surface area contributed by atoms with Gasteiger partial charge in [-0.2, -0.15) is 0 Å². The van der Waals surface area contributed by atoms with E-state index < -0.39 is 63.1 Å². The topological polar surface area (TPSA) is 34.1 Å². The minimum atomic E-state index is -1.99. The molecule has 0 N–H and O–H groups in total. The highest BCUT2D eigenvalue weighted by Crippen LogP contribution is 2.46. The molecule has 0 bridgehead atoms. The Bertz CT molecular complexity index is 876. The van der Waals surface area contributed by atoms with E-state index in [1.54, 1.807) is 0 Å². The minimum Gasteiger partial charge on any atom is -0.302 e. The molecule has 1 aromatic rings. The average Bonchev–Trinajstić information content (AvgIpc) is 2.56. The first-order valence-electron chi connectivity index (χ1n) is 6.88. The normalized spacial score (nSPS) is 17.9. The third-order valence-corrected chi connectivity index (χ3v) is 3.76. The molecule has 1 aromatic carbocycles. The molecule has 0 amide bonds. The number of rotatable bonds is 3. The molecule has 2 nitrogen and oxygen atoms in total. The Morgan fingerprint density at radius 3 is 2.00 bits per heavy atom. The zero-order valence-electron chi connectivity index (χ0n) is 12.9. The first kappa shape index (κ1) is 18.7. The Balaban J connectivity index is 2.97. The van der Waals surface area contributed by atoms with Gasteiger partial charge in [0.25, 0.3) is 0 Å². The Kier molecular flexibility index (Phi) is 5.01. The monoisotopic (exact) mass is 360 g/mol. The summed E-state index contributed by atoms with van der Waals surface area (Å²) in [4.78, 5) is 22.5. The van der Waals surface area contributed by atoms with Crippen LogP contribution >= 0.6 is 0 Å². The molecule has 0 spiro atoms. The molecule has 1 atom stereocenters. The van der Waals surface area contributed by atoms with Crippen LogP contribution in [0.3, 0.4) is 0 Å². The van der Waals surface area contributed by atoms with Gasteiger partial charge in [-0.3, -0.25) is 4.79 Å². The van der Waals surface area contributed by atoms with E-state index in [0.717, 1.165) is 0 Å². The second-order valence-electron chi connectivity index (χ2n) is 5.45. The van der Waals surface area contributed by atoms with Crippen molar-refractivity contribution < 1.29 is 35.9 Å². The number of benzene rings is 1. The van der Waals surface area contributed by atoms with Crippen LogP contribution in [0.4, 0.5) is 26.3 Å². The van der Waals surface area contributed by atoms with Gasteiger partial charge in [0.15, 0.2) is 41.2 Å². The summed E-state index contributed by atoms with van der Waals surface area (Å²) in [5.41, 5.74) is -3.37. The largest absolute Gasteiger partial charge is 0.302 e. The second-order valence-corrected chi connectivity index (χ2v) is 5.45. The second kappa shape index (κ2) is 6.70. The van der Waals surface area contributed by atoms with Gasteiger partial charge in [0.2, 0.25) is 0 Å². The number of allylic oxidation sites excluding steroid dienone is 6. The lowest BCUT2D eigenvalue weighted by Gasteiger charge is -2.25. The van der Waals surface area contributed by atoms with E-state index in [9.17, 15) is 35.9 Å². The van der Waals surface area contributed by atoms with Crippen molar-refractivity contribution in [3.8, 4) is 0 Å². The summed E-state index contributed by atoms with van der Waals surface area (Å²) in [6.07, 6.45) is -0.193. The average molecular weight is 360 g/mol. The van der Waals surface area contributed by atoms with Crippen molar-refractivity contribution in [3.05, 3.63) is 63.3 Å². The van der Waals surface area contributed by atoms with Crippen molar-refractivity contribution in [2.24, 2.45) is 5.92 Å². The zero-order valence-corrected chi connectivity index (χ0v) is 12.9. The van der Waals surface area contributed by atoms with Crippen molar-refractivity contribution in [2.45, 2.75) is 13.8 Å². The Hall–Kier alpha value is -2.64. The molecule has 25 heavy (non-hydrogen) atoms. The maximum Gasteiger partial charge on any atom is 0.195 e. The van der Waals surface area contributed by atoms with Crippen LogP contribution in [-0.4, -0.2) is 12.6 Å². The lowest BCUT2D eigenvalue weighted by atomic mass is 9.79. The van der Waals surface area contributed by atoms with Crippen LogP contribution < -0.4 is 0 Å². The highest BCUT2D eigenvalue weighted by atomic mass is 19.2. The van der Waals surface area contributed by atoms with Crippen LogP contribution in [0.25, 0.3) is 5.57 Å². The fraction of sp³-hybridized carbons (Fsp3) is 0.176. The number of hydrogen-bond acceptors (Lipinski definition) is 2. The van der Waals surface area contributed by atoms with E-state index in [-0.39, 0.29) is 24.2 Å². The third kappa shape index (κ3) is 2.81. The number of hydrogen-bond donors (Lipinski definition) is 0. The maximum absolute atomic E-state index is 14.3. The Labute approximate surface area is 138 Å². The molecule has 0 saturated carbocycles. The molecular weight excluding hydrogens is 350 g/mol. The molecule has 8 heteroatoms. The van der Waals surface area contributed by atoms with E-state index in [1.165, 1.54) is 13.8 Å². The van der Waals surface area contributed by atoms with E-state index in [0.29, 0.717) is 0 Å². The van der Waals surface area contributed by atoms with Gasteiger partial charge < -0.3 is 4.79 Å². The standard InChI is InChI=1S/C17H10F6O2/c1-6(2)11-9(5-25)12(16(22)17(23)15(11)21)7-3-10(18)14(20)13(19)8(7)4-24/h3-5,9H,1-2H3. The molecule has 2 rings (SSSR count). The predicted molar refractivity (Wildman–Crippen MR) is 76.9 cm³/mol. The van der Waals surface area contributed by atoms with Gasteiger partial charge in [-0.15, -0.1) is 0 Å². The summed E-state index contributed by atoms with van der Waals surface area (Å²) in [5.74, 6) is -13.0. The SMILES string of the molecule is CC(C)=C1C(F)=C(F)C(F)=C(c2cc(F)c(F)c(F)c2C=O)C1C=O. The summed E-state index contributed by atoms with van der Waals surface area (Å²) in [5, 5.41) is 0. The molecule has 0 heterocycles. The number of carbonyl (C=O) groups is 2. The lowest BCUT2D eigenvalue weighted by Crippen LogP contribution is -2.19. The van der Waals surface area contributed by atoms with Crippen molar-refractivity contribution in [1.82, 2.24) is 0 Å². The summed E-state index contributed by atoms with van der Waals surface area (Å²) >= 11 is 0. The summed E-state index contributed by atoms with van der Waals surface area (Å²) in [7, 11) is 0. The third-order valence-electron chi connectivity index (χ3n) is 3.76. The fourth-order valence-electron chi connectivity index (χ4n) is 2.65. The first-order valence-corrected chi connectivity index (χ1v) is 6.88. The number of carbonyl (C=O) groups excluding carboxylic acids is 2. The molecule has 1 unspecified atom stereocenters. The van der Waals surface area contributed by atoms with E-state index >= 15 is 0 Å². The van der Waals surface area contributed by atoms with Gasteiger partial charge in [-0.05, 0) is 25.5 Å². The van der Waals surface area contributed by atoms with Crippen molar-refractivity contribution in [1.29, 1.82) is 0 Å². The number of aldehydes is 2. The summed E-state index contributed by atoms with van der Waals surface area (Å²) in [6.45, 7) is 2.62. The predicted octanol–water partition coefficient (Wildman–Crippen LogP) is 4.91. The van der Waals surface area contributed by atoms with E-state index in [1.807, 2.05) is 0 Å². The summed E-state index contributed by atoms with van der Waals surface area (Å²) < 4.78 is 82.9. The molecular formula is C17H10F6O2. The van der Waals surface area contributed by atoms with Crippen molar-refractivity contribution in [3.63, 3.8) is 0 Å². The van der Waals surface area contributed by atoms with Gasteiger partial charge in [0.1, 0.15) is 6.29 Å². The zero-order chi connectivity index (χ0) is 19.0. The molecule has 1 aliphatic carbocycles. The van der Waals surface area contributed by atoms with Gasteiger partial charge >= 0.3 is 0 Å². The van der Waals surface area contributed by atoms with Crippen LogP contribution in [-0.2, 0) is 4.79 Å².